The molecule has 334 valence electrons. The van der Waals surface area contributed by atoms with E-state index in [1.807, 2.05) is 24.3 Å². The molecule has 7 aromatic rings. The largest absolute Gasteiger partial charge is 0.508 e. The molecule has 0 aliphatic heterocycles. The first kappa shape index (κ1) is 51.6. The summed E-state index contributed by atoms with van der Waals surface area (Å²) < 4.78 is 0. The molecule has 0 aliphatic carbocycles. The number of aryl methyl sites for hydroxylation is 3. The van der Waals surface area contributed by atoms with E-state index < -0.39 is 0 Å². The summed E-state index contributed by atoms with van der Waals surface area (Å²) in [7, 11) is 0. The van der Waals surface area contributed by atoms with Crippen LogP contribution in [0, 0.1) is 0 Å². The molecule has 63 heavy (non-hydrogen) atoms. The van der Waals surface area contributed by atoms with Gasteiger partial charge in [0.1, 0.15) is 11.5 Å². The van der Waals surface area contributed by atoms with Crippen molar-refractivity contribution < 1.29 is 10.2 Å². The van der Waals surface area contributed by atoms with Crippen molar-refractivity contribution in [2.75, 3.05) is 5.73 Å². The van der Waals surface area contributed by atoms with E-state index >= 15 is 0 Å². The van der Waals surface area contributed by atoms with Gasteiger partial charge < -0.3 is 15.9 Å². The van der Waals surface area contributed by atoms with Gasteiger partial charge in [0.2, 0.25) is 0 Å². The molecule has 0 aliphatic rings. The maximum absolute atomic E-state index is 9.14. The number of nitrogens with two attached hydrogens (primary N) is 1. The topological polar surface area (TPSA) is 66.5 Å². The summed E-state index contributed by atoms with van der Waals surface area (Å²) in [6, 6.07) is 50.9. The zero-order valence-corrected chi connectivity index (χ0v) is 42.4. The van der Waals surface area contributed by atoms with Crippen LogP contribution in [0.3, 0.4) is 0 Å². The number of anilines is 1. The molecule has 0 atom stereocenters. The number of hydrogen-bond acceptors (Lipinski definition) is 3. The van der Waals surface area contributed by atoms with Crippen molar-refractivity contribution in [1.82, 2.24) is 0 Å². The molecule has 0 radical (unpaired) electrons. The van der Waals surface area contributed by atoms with Crippen molar-refractivity contribution in [3.8, 4) is 11.5 Å². The number of fused-ring (bicyclic) bond motifs is 2. The molecule has 5 heteroatoms. The predicted octanol–water partition coefficient (Wildman–Crippen LogP) is 17.7. The normalized spacial score (nSPS) is 10.6. The lowest BCUT2D eigenvalue weighted by molar-refractivity contribution is 0.474. The molecular formula is C58H71I2NO2. The molecule has 0 aromatic heterocycles. The van der Waals surface area contributed by atoms with Gasteiger partial charge in [-0.1, -0.05) is 188 Å². The average molecular weight is 1070 g/mol. The Bertz CT molecular complexity index is 2170. The summed E-state index contributed by atoms with van der Waals surface area (Å²) in [6.45, 7) is 6.79. The highest BCUT2D eigenvalue weighted by molar-refractivity contribution is 15.0. The molecule has 0 saturated carbocycles. The lowest BCUT2D eigenvalue weighted by Crippen LogP contribution is -1.92. The number of nitrogen functional groups attached to an aromatic ring is 1. The summed E-state index contributed by atoms with van der Waals surface area (Å²) in [5, 5.41) is 22.8. The summed E-state index contributed by atoms with van der Waals surface area (Å²) in [4.78, 5) is 0. The van der Waals surface area contributed by atoms with Gasteiger partial charge in [0.05, 0.1) is 0 Å². The van der Waals surface area contributed by atoms with Gasteiger partial charge in [-0.25, -0.2) is 0 Å². The fourth-order valence-corrected chi connectivity index (χ4v) is 7.86. The molecule has 7 aromatic carbocycles. The van der Waals surface area contributed by atoms with Crippen molar-refractivity contribution in [2.45, 2.75) is 130 Å². The summed E-state index contributed by atoms with van der Waals surface area (Å²) in [5.41, 5.74) is 16.4. The van der Waals surface area contributed by atoms with Gasteiger partial charge in [-0.15, -0.1) is 0 Å². The minimum absolute atomic E-state index is 0.216. The van der Waals surface area contributed by atoms with E-state index in [1.165, 1.54) is 146 Å². The number of phenolic OH excluding ortho intramolecular Hbond substituents is 2. The van der Waals surface area contributed by atoms with Crippen LogP contribution in [0.1, 0.15) is 137 Å². The van der Waals surface area contributed by atoms with Crippen molar-refractivity contribution in [2.24, 2.45) is 0 Å². The minimum Gasteiger partial charge on any atom is -0.508 e. The van der Waals surface area contributed by atoms with Gasteiger partial charge in [-0.05, 0) is 148 Å². The summed E-state index contributed by atoms with van der Waals surface area (Å²) in [5.74, 6) is 0.432. The maximum Gasteiger partial charge on any atom is 0.116 e. The van der Waals surface area contributed by atoms with Crippen LogP contribution in [0.15, 0.2) is 146 Å². The van der Waals surface area contributed by atoms with Crippen molar-refractivity contribution >= 4 is 64.5 Å². The molecule has 0 spiro atoms. The van der Waals surface area contributed by atoms with E-state index in [0.717, 1.165) is 29.3 Å². The highest BCUT2D eigenvalue weighted by atomic mass is 128. The zero-order valence-electron chi connectivity index (χ0n) is 38.1. The maximum atomic E-state index is 9.14. The van der Waals surface area contributed by atoms with Crippen LogP contribution in [-0.2, 0) is 32.1 Å². The van der Waals surface area contributed by atoms with E-state index in [9.17, 15) is 0 Å². The average Bonchev–Trinajstić information content (AvgIpc) is 3.30. The van der Waals surface area contributed by atoms with Crippen LogP contribution >= 0.6 is 37.2 Å². The quantitative estimate of drug-likeness (QED) is 0.0429. The van der Waals surface area contributed by atoms with Crippen LogP contribution in [0.25, 0.3) is 21.5 Å². The predicted molar refractivity (Wildman–Crippen MR) is 292 cm³/mol. The van der Waals surface area contributed by atoms with Crippen LogP contribution in [-0.4, -0.2) is 10.2 Å². The molecule has 7 rings (SSSR count). The molecule has 0 fully saturated rings. The fraction of sp³-hybridized carbons (Fsp3) is 0.345. The lowest BCUT2D eigenvalue weighted by Gasteiger charge is -2.09. The second-order valence-corrected chi connectivity index (χ2v) is 16.9. The third-order valence-electron chi connectivity index (χ3n) is 11.6. The Hall–Kier alpha value is -4.08. The first-order chi connectivity index (χ1) is 30.8. The first-order valence-electron chi connectivity index (χ1n) is 23.4. The number of phenols is 2. The monoisotopic (exact) mass is 1070 g/mol. The van der Waals surface area contributed by atoms with Gasteiger partial charge in [0.15, 0.2) is 0 Å². The number of aromatic hydroxyl groups is 2. The highest BCUT2D eigenvalue weighted by Crippen LogP contribution is 2.24. The van der Waals surface area contributed by atoms with Crippen molar-refractivity contribution in [1.29, 1.82) is 0 Å². The van der Waals surface area contributed by atoms with Gasteiger partial charge in [-0.2, -0.15) is 0 Å². The van der Waals surface area contributed by atoms with E-state index in [4.69, 9.17) is 15.9 Å². The third-order valence-corrected chi connectivity index (χ3v) is 11.6. The van der Waals surface area contributed by atoms with Gasteiger partial charge in [0.25, 0.3) is 0 Å². The standard InChI is InChI=1S/C36H44.C12H19N.C10H8O2.I2/c1-3-5-7-9-11-29-13-17-31(18-14-29)25-33-21-23-35-24-22-34(28-36(35)27-33)26-32-19-15-30(16-20-32)12-10-8-6-4-2;1-2-3-4-5-6-11-7-9-12(13)10-8-11;11-9-3-1-7-2-4-10(12)6-8(7)5-9;1-2/h13-24,27-28H,3-12,25-26H2,1-2H3;7-10H,2-6,13H2,1H3;1-6,11-12H;. The van der Waals surface area contributed by atoms with Crippen molar-refractivity contribution in [3.63, 3.8) is 0 Å². The molecule has 0 saturated heterocycles. The van der Waals surface area contributed by atoms with E-state index in [1.54, 1.807) is 24.3 Å². The van der Waals surface area contributed by atoms with Gasteiger partial charge >= 0.3 is 0 Å². The Kier molecular flexibility index (Phi) is 24.7. The fourth-order valence-electron chi connectivity index (χ4n) is 7.86. The Morgan fingerprint density at radius 2 is 0.635 bits per heavy atom. The smallest absolute Gasteiger partial charge is 0.116 e. The van der Waals surface area contributed by atoms with Crippen LogP contribution in [0.4, 0.5) is 5.69 Å². The van der Waals surface area contributed by atoms with E-state index in [-0.39, 0.29) is 11.5 Å². The highest BCUT2D eigenvalue weighted by Gasteiger charge is 2.04. The Balaban J connectivity index is 0.000000261. The molecule has 0 bridgehead atoms. The number of unbranched alkanes of at least 4 members (excludes halogenated alkanes) is 9. The summed E-state index contributed by atoms with van der Waals surface area (Å²) in [6.07, 6.45) is 21.6. The zero-order chi connectivity index (χ0) is 45.1. The van der Waals surface area contributed by atoms with Crippen molar-refractivity contribution in [3.05, 3.63) is 185 Å². The number of rotatable bonds is 19. The lowest BCUT2D eigenvalue weighted by atomic mass is 9.96. The molecule has 0 unspecified atom stereocenters. The Morgan fingerprint density at radius 3 is 1.00 bits per heavy atom. The molecule has 3 nitrogen and oxygen atoms in total. The minimum atomic E-state index is 0.216. The van der Waals surface area contributed by atoms with Crippen LogP contribution < -0.4 is 5.73 Å². The van der Waals surface area contributed by atoms with E-state index in [2.05, 4.69) is 155 Å². The Labute approximate surface area is 403 Å². The first-order valence-corrected chi connectivity index (χ1v) is 29.7. The second-order valence-electron chi connectivity index (χ2n) is 16.9. The second kappa shape index (κ2) is 30.1. The number of benzene rings is 7. The Morgan fingerprint density at radius 1 is 0.333 bits per heavy atom. The summed E-state index contributed by atoms with van der Waals surface area (Å²) >= 11 is 4.24. The van der Waals surface area contributed by atoms with Crippen LogP contribution in [0.2, 0.25) is 0 Å². The third kappa shape index (κ3) is 19.7. The van der Waals surface area contributed by atoms with Crippen LogP contribution in [0.5, 0.6) is 11.5 Å². The number of halogens is 2. The van der Waals surface area contributed by atoms with Gasteiger partial charge in [-0.3, -0.25) is 0 Å². The molecule has 4 N–H and O–H groups in total. The van der Waals surface area contributed by atoms with E-state index in [0.29, 0.717) is 0 Å². The molecule has 0 amide bonds. The molecule has 0 heterocycles. The number of hydrogen-bond donors (Lipinski definition) is 3. The molecular weight excluding hydrogens is 996 g/mol. The SMILES string of the molecule is CCCCCCc1ccc(Cc2ccc3ccc(Cc4ccc(CCCCCC)cc4)cc3c2)cc1.CCCCCCc1ccc(N)cc1.II.Oc1ccc2ccc(O)cc2c1. The van der Waals surface area contributed by atoms with Gasteiger partial charge in [0, 0.05) is 42.9 Å².